The van der Waals surface area contributed by atoms with Crippen molar-refractivity contribution in [2.45, 2.75) is 79.9 Å². The van der Waals surface area contributed by atoms with Crippen molar-refractivity contribution in [3.05, 3.63) is 10.6 Å². The number of aromatic nitrogens is 1. The summed E-state index contributed by atoms with van der Waals surface area (Å²) in [7, 11) is 0. The molecule has 21 heavy (non-hydrogen) atoms. The van der Waals surface area contributed by atoms with E-state index in [1.165, 1.54) is 15.7 Å². The summed E-state index contributed by atoms with van der Waals surface area (Å²) >= 11 is 1.86. The van der Waals surface area contributed by atoms with Crippen LogP contribution in [0.2, 0.25) is 0 Å². The van der Waals surface area contributed by atoms with Gasteiger partial charge in [-0.15, -0.1) is 11.3 Å². The summed E-state index contributed by atoms with van der Waals surface area (Å²) in [5.74, 6) is 1.13. The van der Waals surface area contributed by atoms with Crippen molar-refractivity contribution in [1.82, 2.24) is 10.3 Å². The van der Waals surface area contributed by atoms with Crippen LogP contribution in [-0.2, 0) is 6.54 Å². The SMILES string of the molecule is CC(C)CN(c1nc(C(C)C)c(CNC(C)C)s1)C(C)C. The van der Waals surface area contributed by atoms with Crippen LogP contribution < -0.4 is 10.2 Å². The Morgan fingerprint density at radius 2 is 1.67 bits per heavy atom. The number of nitrogens with zero attached hydrogens (tertiary/aromatic N) is 2. The van der Waals surface area contributed by atoms with Crippen molar-refractivity contribution in [3.8, 4) is 0 Å². The molecule has 0 aromatic carbocycles. The van der Waals surface area contributed by atoms with Gasteiger partial charge < -0.3 is 10.2 Å². The van der Waals surface area contributed by atoms with E-state index in [4.69, 9.17) is 4.98 Å². The van der Waals surface area contributed by atoms with Gasteiger partial charge in [-0.1, -0.05) is 41.5 Å². The van der Waals surface area contributed by atoms with E-state index in [1.807, 2.05) is 11.3 Å². The van der Waals surface area contributed by atoms with E-state index in [0.29, 0.717) is 23.9 Å². The van der Waals surface area contributed by atoms with Gasteiger partial charge in [0.05, 0.1) is 5.69 Å². The van der Waals surface area contributed by atoms with Gasteiger partial charge in [0.2, 0.25) is 0 Å². The lowest BCUT2D eigenvalue weighted by atomic mass is 10.1. The van der Waals surface area contributed by atoms with E-state index < -0.39 is 0 Å². The number of thiazole rings is 1. The first kappa shape index (κ1) is 18.4. The molecule has 0 aliphatic heterocycles. The van der Waals surface area contributed by atoms with Gasteiger partial charge in [-0.05, 0) is 25.7 Å². The Balaban J connectivity index is 3.03. The molecule has 0 amide bonds. The Morgan fingerprint density at radius 1 is 1.05 bits per heavy atom. The summed E-state index contributed by atoms with van der Waals surface area (Å²) in [5, 5.41) is 4.71. The Kier molecular flexibility index (Phi) is 7.14. The molecule has 0 unspecified atom stereocenters. The standard InChI is InChI=1S/C17H33N3S/c1-11(2)10-20(14(7)8)17-19-16(12(3)4)15(21-17)9-18-13(5)6/h11-14,18H,9-10H2,1-8H3. The highest BCUT2D eigenvalue weighted by atomic mass is 32.1. The molecule has 1 rings (SSSR count). The fourth-order valence-electron chi connectivity index (χ4n) is 2.25. The molecule has 0 saturated carbocycles. The molecule has 0 bridgehead atoms. The Morgan fingerprint density at radius 3 is 2.10 bits per heavy atom. The molecule has 3 nitrogen and oxygen atoms in total. The number of hydrogen-bond acceptors (Lipinski definition) is 4. The van der Waals surface area contributed by atoms with E-state index in [2.05, 4.69) is 65.6 Å². The Labute approximate surface area is 135 Å². The molecule has 1 aromatic rings. The lowest BCUT2D eigenvalue weighted by molar-refractivity contribution is 0.568. The molecule has 1 N–H and O–H groups in total. The average molecular weight is 312 g/mol. The lowest BCUT2D eigenvalue weighted by Crippen LogP contribution is -2.34. The molecule has 1 aromatic heterocycles. The molecule has 0 atom stereocenters. The van der Waals surface area contributed by atoms with Gasteiger partial charge in [0.1, 0.15) is 0 Å². The van der Waals surface area contributed by atoms with Gasteiger partial charge in [0, 0.05) is 30.1 Å². The third kappa shape index (κ3) is 5.59. The summed E-state index contributed by atoms with van der Waals surface area (Å²) in [6.45, 7) is 19.9. The fraction of sp³-hybridized carbons (Fsp3) is 0.824. The van der Waals surface area contributed by atoms with Crippen LogP contribution in [0.25, 0.3) is 0 Å². The minimum Gasteiger partial charge on any atom is -0.345 e. The predicted octanol–water partition coefficient (Wildman–Crippen LogP) is 4.64. The van der Waals surface area contributed by atoms with Crippen molar-refractivity contribution in [3.63, 3.8) is 0 Å². The minimum absolute atomic E-state index is 0.479. The molecular formula is C17H33N3S. The summed E-state index contributed by atoms with van der Waals surface area (Å²) in [6, 6.07) is 0.997. The molecule has 4 heteroatoms. The normalized spacial score (nSPS) is 12.2. The highest BCUT2D eigenvalue weighted by Crippen LogP contribution is 2.32. The van der Waals surface area contributed by atoms with Crippen LogP contribution in [0.3, 0.4) is 0 Å². The largest absolute Gasteiger partial charge is 0.345 e. The summed E-state index contributed by atoms with van der Waals surface area (Å²) in [5.41, 5.74) is 1.26. The van der Waals surface area contributed by atoms with Gasteiger partial charge in [-0.2, -0.15) is 0 Å². The zero-order chi connectivity index (χ0) is 16.2. The average Bonchev–Trinajstić information content (AvgIpc) is 2.76. The molecule has 0 spiro atoms. The van der Waals surface area contributed by atoms with Crippen molar-refractivity contribution in [2.24, 2.45) is 5.92 Å². The van der Waals surface area contributed by atoms with E-state index in [-0.39, 0.29) is 0 Å². The van der Waals surface area contributed by atoms with Crippen molar-refractivity contribution in [2.75, 3.05) is 11.4 Å². The number of nitrogens with one attached hydrogen (secondary N) is 1. The van der Waals surface area contributed by atoms with Crippen LogP contribution in [0.5, 0.6) is 0 Å². The number of rotatable bonds is 8. The topological polar surface area (TPSA) is 28.2 Å². The third-order valence-electron chi connectivity index (χ3n) is 3.36. The zero-order valence-electron chi connectivity index (χ0n) is 15.0. The summed E-state index contributed by atoms with van der Waals surface area (Å²) in [4.78, 5) is 8.80. The molecule has 0 aliphatic rings. The molecule has 0 fully saturated rings. The molecule has 0 saturated heterocycles. The smallest absolute Gasteiger partial charge is 0.186 e. The molecule has 1 heterocycles. The van der Waals surface area contributed by atoms with Crippen LogP contribution in [0.1, 0.15) is 71.9 Å². The maximum Gasteiger partial charge on any atom is 0.186 e. The van der Waals surface area contributed by atoms with Crippen molar-refractivity contribution < 1.29 is 0 Å². The van der Waals surface area contributed by atoms with E-state index >= 15 is 0 Å². The molecule has 0 radical (unpaired) electrons. The Bertz CT molecular complexity index is 422. The van der Waals surface area contributed by atoms with E-state index in [1.54, 1.807) is 0 Å². The highest BCUT2D eigenvalue weighted by Gasteiger charge is 2.20. The molecule has 0 aliphatic carbocycles. The van der Waals surface area contributed by atoms with Gasteiger partial charge in [-0.3, -0.25) is 0 Å². The number of hydrogen-bond donors (Lipinski definition) is 1. The first-order valence-electron chi connectivity index (χ1n) is 8.22. The van der Waals surface area contributed by atoms with Crippen LogP contribution in [0.4, 0.5) is 5.13 Å². The predicted molar refractivity (Wildman–Crippen MR) is 95.5 cm³/mol. The van der Waals surface area contributed by atoms with Crippen LogP contribution in [0, 0.1) is 5.92 Å². The first-order valence-corrected chi connectivity index (χ1v) is 9.03. The van der Waals surface area contributed by atoms with Gasteiger partial charge in [-0.25, -0.2) is 4.98 Å². The fourth-order valence-corrected chi connectivity index (χ4v) is 3.56. The third-order valence-corrected chi connectivity index (χ3v) is 4.47. The second kappa shape index (κ2) is 8.14. The van der Waals surface area contributed by atoms with Crippen LogP contribution in [-0.4, -0.2) is 23.6 Å². The lowest BCUT2D eigenvalue weighted by Gasteiger charge is -2.27. The minimum atomic E-state index is 0.479. The molecular weight excluding hydrogens is 278 g/mol. The van der Waals surface area contributed by atoms with Gasteiger partial charge in [0.15, 0.2) is 5.13 Å². The van der Waals surface area contributed by atoms with Crippen molar-refractivity contribution in [1.29, 1.82) is 0 Å². The second-order valence-electron chi connectivity index (χ2n) is 7.14. The van der Waals surface area contributed by atoms with E-state index in [9.17, 15) is 0 Å². The zero-order valence-corrected chi connectivity index (χ0v) is 15.8. The Hall–Kier alpha value is -0.610. The van der Waals surface area contributed by atoms with Gasteiger partial charge >= 0.3 is 0 Å². The number of anilines is 1. The van der Waals surface area contributed by atoms with Crippen LogP contribution >= 0.6 is 11.3 Å². The van der Waals surface area contributed by atoms with Crippen LogP contribution in [0.15, 0.2) is 0 Å². The maximum absolute atomic E-state index is 4.97. The monoisotopic (exact) mass is 311 g/mol. The summed E-state index contributed by atoms with van der Waals surface area (Å²) in [6.07, 6.45) is 0. The van der Waals surface area contributed by atoms with Crippen molar-refractivity contribution >= 4 is 16.5 Å². The maximum atomic E-state index is 4.97. The first-order chi connectivity index (χ1) is 9.72. The molecule has 122 valence electrons. The second-order valence-corrected chi connectivity index (χ2v) is 8.20. The highest BCUT2D eigenvalue weighted by molar-refractivity contribution is 7.15. The van der Waals surface area contributed by atoms with E-state index in [0.717, 1.165) is 13.1 Å². The van der Waals surface area contributed by atoms with Gasteiger partial charge in [0.25, 0.3) is 0 Å². The quantitative estimate of drug-likeness (QED) is 0.758. The summed E-state index contributed by atoms with van der Waals surface area (Å²) < 4.78 is 0.